The first-order valence-corrected chi connectivity index (χ1v) is 8.05. The molecule has 1 saturated heterocycles. The van der Waals surface area contributed by atoms with Gasteiger partial charge >= 0.3 is 0 Å². The highest BCUT2D eigenvalue weighted by Crippen LogP contribution is 2.25. The lowest BCUT2D eigenvalue weighted by molar-refractivity contribution is 0.209. The highest BCUT2D eigenvalue weighted by Gasteiger charge is 2.25. The molecule has 1 aliphatic heterocycles. The molecule has 1 aliphatic rings. The van der Waals surface area contributed by atoms with Crippen LogP contribution in [0.25, 0.3) is 0 Å². The van der Waals surface area contributed by atoms with Crippen molar-refractivity contribution in [2.24, 2.45) is 0 Å². The predicted molar refractivity (Wildman–Crippen MR) is 81.7 cm³/mol. The van der Waals surface area contributed by atoms with Gasteiger partial charge in [0, 0.05) is 37.0 Å². The standard InChI is InChI=1S/C16H29N3O/c1-4-9-19-14(3)16(13(2)17-19)12-18-10-5-7-15(18)8-6-11-20/h15,20H,4-12H2,1-3H3. The van der Waals surface area contributed by atoms with Crippen LogP contribution in [0.3, 0.4) is 0 Å². The number of aliphatic hydroxyl groups excluding tert-OH is 1. The molecule has 1 N–H and O–H groups in total. The topological polar surface area (TPSA) is 41.3 Å². The summed E-state index contributed by atoms with van der Waals surface area (Å²) in [5.74, 6) is 0. The van der Waals surface area contributed by atoms with Gasteiger partial charge in [-0.15, -0.1) is 0 Å². The van der Waals surface area contributed by atoms with Crippen molar-refractivity contribution in [2.45, 2.75) is 72.0 Å². The van der Waals surface area contributed by atoms with Gasteiger partial charge in [0.25, 0.3) is 0 Å². The third-order valence-electron chi connectivity index (χ3n) is 4.52. The van der Waals surface area contributed by atoms with Crippen molar-refractivity contribution in [2.75, 3.05) is 13.2 Å². The monoisotopic (exact) mass is 279 g/mol. The van der Waals surface area contributed by atoms with Crippen LogP contribution in [0.4, 0.5) is 0 Å². The Labute approximate surface area is 122 Å². The molecule has 0 bridgehead atoms. The van der Waals surface area contributed by atoms with Gasteiger partial charge in [-0.2, -0.15) is 5.10 Å². The van der Waals surface area contributed by atoms with E-state index in [-0.39, 0.29) is 0 Å². The molecule has 0 spiro atoms. The molecule has 0 amide bonds. The van der Waals surface area contributed by atoms with Crippen LogP contribution in [-0.2, 0) is 13.1 Å². The van der Waals surface area contributed by atoms with E-state index < -0.39 is 0 Å². The number of likely N-dealkylation sites (tertiary alicyclic amines) is 1. The zero-order valence-corrected chi connectivity index (χ0v) is 13.2. The zero-order valence-electron chi connectivity index (χ0n) is 13.2. The third kappa shape index (κ3) is 3.41. The maximum Gasteiger partial charge on any atom is 0.0641 e. The summed E-state index contributed by atoms with van der Waals surface area (Å²) in [5, 5.41) is 13.7. The number of hydrogen-bond donors (Lipinski definition) is 1. The second-order valence-corrected chi connectivity index (χ2v) is 6.00. The van der Waals surface area contributed by atoms with Gasteiger partial charge in [0.15, 0.2) is 0 Å². The molecule has 0 aliphatic carbocycles. The molecule has 1 unspecified atom stereocenters. The second-order valence-electron chi connectivity index (χ2n) is 6.00. The minimum absolute atomic E-state index is 0.316. The first-order chi connectivity index (χ1) is 9.67. The van der Waals surface area contributed by atoms with Gasteiger partial charge in [-0.05, 0) is 52.5 Å². The van der Waals surface area contributed by atoms with E-state index >= 15 is 0 Å². The largest absolute Gasteiger partial charge is 0.396 e. The van der Waals surface area contributed by atoms with Gasteiger partial charge in [-0.1, -0.05) is 6.92 Å². The van der Waals surface area contributed by atoms with Crippen LogP contribution in [0.2, 0.25) is 0 Å². The van der Waals surface area contributed by atoms with Gasteiger partial charge < -0.3 is 5.11 Å². The molecule has 20 heavy (non-hydrogen) atoms. The molecular weight excluding hydrogens is 250 g/mol. The van der Waals surface area contributed by atoms with Crippen molar-refractivity contribution in [3.8, 4) is 0 Å². The fourth-order valence-corrected chi connectivity index (χ4v) is 3.35. The van der Waals surface area contributed by atoms with E-state index in [9.17, 15) is 0 Å². The lowest BCUT2D eigenvalue weighted by Gasteiger charge is -2.24. The fourth-order valence-electron chi connectivity index (χ4n) is 3.35. The Kier molecular flexibility index (Phi) is 5.61. The Morgan fingerprint density at radius 2 is 2.15 bits per heavy atom. The maximum absolute atomic E-state index is 9.02. The molecule has 4 nitrogen and oxygen atoms in total. The Morgan fingerprint density at radius 1 is 1.35 bits per heavy atom. The summed E-state index contributed by atoms with van der Waals surface area (Å²) in [6, 6.07) is 0.649. The summed E-state index contributed by atoms with van der Waals surface area (Å²) in [7, 11) is 0. The van der Waals surface area contributed by atoms with Crippen LogP contribution in [0.15, 0.2) is 0 Å². The number of nitrogens with zero attached hydrogens (tertiary/aromatic N) is 3. The van der Waals surface area contributed by atoms with E-state index in [2.05, 4.69) is 35.5 Å². The van der Waals surface area contributed by atoms with Crippen molar-refractivity contribution in [1.29, 1.82) is 0 Å². The van der Waals surface area contributed by atoms with Gasteiger partial charge in [-0.3, -0.25) is 9.58 Å². The van der Waals surface area contributed by atoms with Crippen molar-refractivity contribution >= 4 is 0 Å². The number of aryl methyl sites for hydroxylation is 2. The molecule has 114 valence electrons. The minimum atomic E-state index is 0.316. The average Bonchev–Trinajstić information content (AvgIpc) is 2.97. The fraction of sp³-hybridized carbons (Fsp3) is 0.812. The molecule has 2 rings (SSSR count). The highest BCUT2D eigenvalue weighted by atomic mass is 16.2. The summed E-state index contributed by atoms with van der Waals surface area (Å²) in [4.78, 5) is 2.59. The zero-order chi connectivity index (χ0) is 14.5. The van der Waals surface area contributed by atoms with Gasteiger partial charge in [0.05, 0.1) is 5.69 Å². The van der Waals surface area contributed by atoms with E-state index in [1.807, 2.05) is 0 Å². The SMILES string of the molecule is CCCn1nc(C)c(CN2CCCC2CCCO)c1C. The van der Waals surface area contributed by atoms with Gasteiger partial charge in [-0.25, -0.2) is 0 Å². The van der Waals surface area contributed by atoms with Crippen LogP contribution < -0.4 is 0 Å². The van der Waals surface area contributed by atoms with Gasteiger partial charge in [0.1, 0.15) is 0 Å². The molecular formula is C16H29N3O. The maximum atomic E-state index is 9.02. The first kappa shape index (κ1) is 15.5. The molecule has 1 fully saturated rings. The van der Waals surface area contributed by atoms with Crippen LogP contribution >= 0.6 is 0 Å². The molecule has 0 aromatic carbocycles. The quantitative estimate of drug-likeness (QED) is 0.834. The molecule has 1 aromatic heterocycles. The average molecular weight is 279 g/mol. The number of aliphatic hydroxyl groups is 1. The number of hydrogen-bond acceptors (Lipinski definition) is 3. The van der Waals surface area contributed by atoms with Crippen molar-refractivity contribution in [1.82, 2.24) is 14.7 Å². The van der Waals surface area contributed by atoms with Crippen molar-refractivity contribution in [3.05, 3.63) is 17.0 Å². The van der Waals surface area contributed by atoms with E-state index in [4.69, 9.17) is 5.11 Å². The van der Waals surface area contributed by atoms with E-state index in [1.165, 1.54) is 36.3 Å². The number of rotatable bonds is 7. The highest BCUT2D eigenvalue weighted by molar-refractivity contribution is 5.24. The smallest absolute Gasteiger partial charge is 0.0641 e. The summed E-state index contributed by atoms with van der Waals surface area (Å²) < 4.78 is 2.16. The summed E-state index contributed by atoms with van der Waals surface area (Å²) in [6.07, 6.45) is 5.74. The Bertz CT molecular complexity index is 428. The van der Waals surface area contributed by atoms with Crippen molar-refractivity contribution < 1.29 is 5.11 Å². The normalized spacial score (nSPS) is 19.9. The van der Waals surface area contributed by atoms with Crippen LogP contribution in [0, 0.1) is 13.8 Å². The summed E-state index contributed by atoms with van der Waals surface area (Å²) in [6.45, 7) is 10.1. The second kappa shape index (κ2) is 7.23. The molecule has 0 saturated carbocycles. The Morgan fingerprint density at radius 3 is 2.85 bits per heavy atom. The summed E-state index contributed by atoms with van der Waals surface area (Å²) in [5.41, 5.74) is 3.93. The van der Waals surface area contributed by atoms with Gasteiger partial charge in [0.2, 0.25) is 0 Å². The molecule has 1 atom stereocenters. The van der Waals surface area contributed by atoms with E-state index in [0.29, 0.717) is 12.6 Å². The first-order valence-electron chi connectivity index (χ1n) is 8.05. The lowest BCUT2D eigenvalue weighted by atomic mass is 10.1. The molecule has 0 radical (unpaired) electrons. The molecule has 4 heteroatoms. The van der Waals surface area contributed by atoms with Crippen LogP contribution in [-0.4, -0.2) is 39.0 Å². The Hall–Kier alpha value is -0.870. The Balaban J connectivity index is 2.05. The number of aromatic nitrogens is 2. The van der Waals surface area contributed by atoms with Crippen LogP contribution in [0.5, 0.6) is 0 Å². The predicted octanol–water partition coefficient (Wildman–Crippen LogP) is 2.65. The lowest BCUT2D eigenvalue weighted by Crippen LogP contribution is -2.29. The third-order valence-corrected chi connectivity index (χ3v) is 4.52. The molecule has 1 aromatic rings. The van der Waals surface area contributed by atoms with E-state index in [0.717, 1.165) is 32.4 Å². The molecule has 2 heterocycles. The van der Waals surface area contributed by atoms with Crippen LogP contribution in [0.1, 0.15) is 56.0 Å². The summed E-state index contributed by atoms with van der Waals surface area (Å²) >= 11 is 0. The van der Waals surface area contributed by atoms with E-state index in [1.54, 1.807) is 0 Å². The van der Waals surface area contributed by atoms with Crippen molar-refractivity contribution in [3.63, 3.8) is 0 Å². The minimum Gasteiger partial charge on any atom is -0.396 e.